The van der Waals surface area contributed by atoms with Crippen molar-refractivity contribution >= 4 is 28.4 Å². The lowest BCUT2D eigenvalue weighted by molar-refractivity contribution is 0.180. The van der Waals surface area contributed by atoms with Crippen molar-refractivity contribution in [3.8, 4) is 0 Å². The zero-order valence-electron chi connectivity index (χ0n) is 6.97. The molecular formula is C7H10IN3O. The first-order valence-corrected chi connectivity index (χ1v) is 4.53. The normalized spacial score (nSPS) is 9.92. The largest absolute Gasteiger partial charge is 0.378 e. The molecule has 1 aromatic heterocycles. The number of anilines is 1. The molecule has 1 N–H and O–H groups in total. The van der Waals surface area contributed by atoms with E-state index in [0.29, 0.717) is 6.61 Å². The van der Waals surface area contributed by atoms with Crippen molar-refractivity contribution in [2.75, 3.05) is 19.5 Å². The lowest BCUT2D eigenvalue weighted by Gasteiger charge is -2.05. The SMILES string of the molecule is CNc1ncnc(COC)c1I. The molecular weight excluding hydrogens is 269 g/mol. The van der Waals surface area contributed by atoms with E-state index in [2.05, 4.69) is 37.9 Å². The average molecular weight is 279 g/mol. The van der Waals surface area contributed by atoms with Gasteiger partial charge in [0.1, 0.15) is 12.1 Å². The van der Waals surface area contributed by atoms with E-state index in [1.165, 1.54) is 6.33 Å². The Morgan fingerprint density at radius 2 is 2.33 bits per heavy atom. The number of hydrogen-bond acceptors (Lipinski definition) is 4. The predicted molar refractivity (Wildman–Crippen MR) is 55.0 cm³/mol. The fraction of sp³-hybridized carbons (Fsp3) is 0.429. The van der Waals surface area contributed by atoms with Crippen LogP contribution < -0.4 is 5.32 Å². The maximum atomic E-state index is 4.99. The third kappa shape index (κ3) is 2.04. The van der Waals surface area contributed by atoms with E-state index < -0.39 is 0 Å². The van der Waals surface area contributed by atoms with E-state index in [-0.39, 0.29) is 0 Å². The summed E-state index contributed by atoms with van der Waals surface area (Å²) in [6, 6.07) is 0. The van der Waals surface area contributed by atoms with Gasteiger partial charge in [-0.05, 0) is 22.6 Å². The summed E-state index contributed by atoms with van der Waals surface area (Å²) in [5.41, 5.74) is 0.914. The molecule has 0 aromatic carbocycles. The minimum absolute atomic E-state index is 0.523. The first kappa shape index (κ1) is 9.66. The van der Waals surface area contributed by atoms with Gasteiger partial charge in [-0.3, -0.25) is 0 Å². The lowest BCUT2D eigenvalue weighted by Crippen LogP contribution is -2.02. The summed E-state index contributed by atoms with van der Waals surface area (Å²) >= 11 is 2.20. The van der Waals surface area contributed by atoms with Crippen LogP contribution in [0.25, 0.3) is 0 Å². The number of rotatable bonds is 3. The van der Waals surface area contributed by atoms with Crippen molar-refractivity contribution in [3.63, 3.8) is 0 Å². The molecule has 0 unspecified atom stereocenters. The maximum absolute atomic E-state index is 4.99. The van der Waals surface area contributed by atoms with Gasteiger partial charge < -0.3 is 10.1 Å². The Labute approximate surface area is 84.9 Å². The number of ether oxygens (including phenoxy) is 1. The fourth-order valence-electron chi connectivity index (χ4n) is 0.818. The Bertz CT molecular complexity index is 267. The molecule has 0 amide bonds. The first-order valence-electron chi connectivity index (χ1n) is 3.45. The third-order valence-electron chi connectivity index (χ3n) is 1.38. The number of methoxy groups -OCH3 is 1. The van der Waals surface area contributed by atoms with Crippen molar-refractivity contribution < 1.29 is 4.74 Å². The highest BCUT2D eigenvalue weighted by Crippen LogP contribution is 2.17. The molecule has 0 saturated carbocycles. The van der Waals surface area contributed by atoms with Gasteiger partial charge in [-0.2, -0.15) is 0 Å². The molecule has 66 valence electrons. The van der Waals surface area contributed by atoms with Crippen LogP contribution in [-0.2, 0) is 11.3 Å². The van der Waals surface area contributed by atoms with Gasteiger partial charge in [0, 0.05) is 14.2 Å². The van der Waals surface area contributed by atoms with Crippen LogP contribution >= 0.6 is 22.6 Å². The lowest BCUT2D eigenvalue weighted by atomic mass is 10.4. The summed E-state index contributed by atoms with van der Waals surface area (Å²) < 4.78 is 6.00. The van der Waals surface area contributed by atoms with E-state index in [1.54, 1.807) is 7.11 Å². The molecule has 0 bridgehead atoms. The zero-order chi connectivity index (χ0) is 8.97. The van der Waals surface area contributed by atoms with Gasteiger partial charge in [0.05, 0.1) is 15.9 Å². The molecule has 0 aliphatic rings. The second kappa shape index (κ2) is 4.56. The second-order valence-corrected chi connectivity index (χ2v) is 3.24. The predicted octanol–water partition coefficient (Wildman–Crippen LogP) is 1.27. The van der Waals surface area contributed by atoms with E-state index in [4.69, 9.17) is 4.74 Å². The number of halogens is 1. The molecule has 5 heteroatoms. The molecule has 4 nitrogen and oxygen atoms in total. The van der Waals surface area contributed by atoms with Crippen LogP contribution in [0.15, 0.2) is 6.33 Å². The molecule has 1 rings (SSSR count). The number of nitrogens with one attached hydrogen (secondary N) is 1. The standard InChI is InChI=1S/C7H10IN3O/c1-9-7-6(8)5(3-12-2)10-4-11-7/h4H,3H2,1-2H3,(H,9,10,11). The van der Waals surface area contributed by atoms with E-state index in [0.717, 1.165) is 15.1 Å². The topological polar surface area (TPSA) is 47.0 Å². The maximum Gasteiger partial charge on any atom is 0.142 e. The Balaban J connectivity index is 2.97. The molecule has 12 heavy (non-hydrogen) atoms. The quantitative estimate of drug-likeness (QED) is 0.846. The Morgan fingerprint density at radius 1 is 1.58 bits per heavy atom. The number of hydrogen-bond donors (Lipinski definition) is 1. The Hall–Kier alpha value is -0.430. The molecule has 1 heterocycles. The van der Waals surface area contributed by atoms with Gasteiger partial charge >= 0.3 is 0 Å². The highest BCUT2D eigenvalue weighted by Gasteiger charge is 2.05. The summed E-state index contributed by atoms with van der Waals surface area (Å²) in [7, 11) is 3.48. The van der Waals surface area contributed by atoms with Gasteiger partial charge in [-0.15, -0.1) is 0 Å². The van der Waals surface area contributed by atoms with Gasteiger partial charge in [-0.25, -0.2) is 9.97 Å². The minimum Gasteiger partial charge on any atom is -0.378 e. The molecule has 0 aliphatic heterocycles. The smallest absolute Gasteiger partial charge is 0.142 e. The average Bonchev–Trinajstić information content (AvgIpc) is 2.09. The zero-order valence-corrected chi connectivity index (χ0v) is 9.12. The monoisotopic (exact) mass is 279 g/mol. The summed E-state index contributed by atoms with van der Waals surface area (Å²) in [4.78, 5) is 8.15. The van der Waals surface area contributed by atoms with Gasteiger partial charge in [0.15, 0.2) is 0 Å². The van der Waals surface area contributed by atoms with Crippen molar-refractivity contribution in [3.05, 3.63) is 15.6 Å². The van der Waals surface area contributed by atoms with E-state index >= 15 is 0 Å². The highest BCUT2D eigenvalue weighted by atomic mass is 127. The number of nitrogens with zero attached hydrogens (tertiary/aromatic N) is 2. The molecule has 0 atom stereocenters. The van der Waals surface area contributed by atoms with E-state index in [9.17, 15) is 0 Å². The Morgan fingerprint density at radius 3 is 2.92 bits per heavy atom. The third-order valence-corrected chi connectivity index (χ3v) is 2.51. The van der Waals surface area contributed by atoms with E-state index in [1.807, 2.05) is 7.05 Å². The molecule has 0 fully saturated rings. The van der Waals surface area contributed by atoms with Crippen LogP contribution in [0, 0.1) is 3.57 Å². The van der Waals surface area contributed by atoms with Crippen LogP contribution in [0.4, 0.5) is 5.82 Å². The summed E-state index contributed by atoms with van der Waals surface area (Å²) in [5.74, 6) is 0.845. The summed E-state index contributed by atoms with van der Waals surface area (Å²) in [6.45, 7) is 0.523. The van der Waals surface area contributed by atoms with Crippen LogP contribution in [-0.4, -0.2) is 24.1 Å². The Kier molecular flexibility index (Phi) is 3.67. The number of aromatic nitrogens is 2. The van der Waals surface area contributed by atoms with Crippen molar-refractivity contribution in [2.24, 2.45) is 0 Å². The highest BCUT2D eigenvalue weighted by molar-refractivity contribution is 14.1. The molecule has 0 radical (unpaired) electrons. The second-order valence-electron chi connectivity index (χ2n) is 2.17. The van der Waals surface area contributed by atoms with Crippen molar-refractivity contribution in [1.29, 1.82) is 0 Å². The first-order chi connectivity index (χ1) is 5.79. The van der Waals surface area contributed by atoms with Gasteiger partial charge in [0.2, 0.25) is 0 Å². The van der Waals surface area contributed by atoms with Gasteiger partial charge in [-0.1, -0.05) is 0 Å². The summed E-state index contributed by atoms with van der Waals surface area (Å²) in [5, 5.41) is 2.98. The van der Waals surface area contributed by atoms with Gasteiger partial charge in [0.25, 0.3) is 0 Å². The fourth-order valence-corrected chi connectivity index (χ4v) is 1.52. The van der Waals surface area contributed by atoms with Crippen molar-refractivity contribution in [1.82, 2.24) is 9.97 Å². The molecule has 1 aromatic rings. The molecule has 0 spiro atoms. The van der Waals surface area contributed by atoms with Crippen molar-refractivity contribution in [2.45, 2.75) is 6.61 Å². The summed E-state index contributed by atoms with van der Waals surface area (Å²) in [6.07, 6.45) is 1.53. The van der Waals surface area contributed by atoms with Crippen LogP contribution in [0.2, 0.25) is 0 Å². The van der Waals surface area contributed by atoms with Crippen LogP contribution in [0.3, 0.4) is 0 Å². The minimum atomic E-state index is 0.523. The molecule has 0 saturated heterocycles. The van der Waals surface area contributed by atoms with Crippen LogP contribution in [0.1, 0.15) is 5.69 Å². The molecule has 0 aliphatic carbocycles. The van der Waals surface area contributed by atoms with Crippen LogP contribution in [0.5, 0.6) is 0 Å².